The summed E-state index contributed by atoms with van der Waals surface area (Å²) in [5.41, 5.74) is 2.36. The van der Waals surface area contributed by atoms with Crippen molar-refractivity contribution in [3.8, 4) is 28.7 Å². The summed E-state index contributed by atoms with van der Waals surface area (Å²) in [5.74, 6) is 1.73. The third kappa shape index (κ3) is 4.31. The predicted octanol–water partition coefficient (Wildman–Crippen LogP) is 3.34. The van der Waals surface area contributed by atoms with Gasteiger partial charge >= 0.3 is 0 Å². The lowest BCUT2D eigenvalue weighted by atomic mass is 10.1. The van der Waals surface area contributed by atoms with Crippen LogP contribution < -0.4 is 14.2 Å². The minimum atomic E-state index is -0.251. The molecule has 0 aliphatic rings. The number of aryl methyl sites for hydroxylation is 1. The van der Waals surface area contributed by atoms with Crippen LogP contribution in [0.3, 0.4) is 0 Å². The first kappa shape index (κ1) is 20.2. The Hall–Kier alpha value is -3.55. The van der Waals surface area contributed by atoms with E-state index in [-0.39, 0.29) is 12.5 Å². The van der Waals surface area contributed by atoms with E-state index in [1.165, 1.54) is 26.2 Å². The maximum Gasteiger partial charge on any atom is 0.254 e. The largest absolute Gasteiger partial charge is 0.493 e. The van der Waals surface area contributed by atoms with Gasteiger partial charge in [0.25, 0.3) is 5.91 Å². The van der Waals surface area contributed by atoms with Gasteiger partial charge in [-0.15, -0.1) is 10.2 Å². The molecule has 8 nitrogen and oxygen atoms in total. The molecule has 152 valence electrons. The van der Waals surface area contributed by atoms with Gasteiger partial charge in [-0.3, -0.25) is 4.79 Å². The number of methoxy groups -OCH3 is 3. The third-order valence-electron chi connectivity index (χ3n) is 4.40. The quantitative estimate of drug-likeness (QED) is 0.604. The molecular formula is C21H23N3O5. The minimum Gasteiger partial charge on any atom is -0.493 e. The van der Waals surface area contributed by atoms with Crippen LogP contribution in [0.1, 0.15) is 21.8 Å². The molecule has 0 spiro atoms. The Morgan fingerprint density at radius 1 is 1.00 bits per heavy atom. The molecule has 0 fully saturated rings. The Labute approximate surface area is 169 Å². The molecule has 3 aromatic rings. The van der Waals surface area contributed by atoms with Gasteiger partial charge < -0.3 is 23.5 Å². The van der Waals surface area contributed by atoms with Gasteiger partial charge in [-0.25, -0.2) is 0 Å². The summed E-state index contributed by atoms with van der Waals surface area (Å²) in [6, 6.07) is 11.0. The molecule has 0 radical (unpaired) electrons. The lowest BCUT2D eigenvalue weighted by molar-refractivity contribution is 0.0772. The lowest BCUT2D eigenvalue weighted by Gasteiger charge is -2.18. The van der Waals surface area contributed by atoms with Crippen molar-refractivity contribution in [2.24, 2.45) is 0 Å². The van der Waals surface area contributed by atoms with Crippen molar-refractivity contribution in [3.05, 3.63) is 53.4 Å². The summed E-state index contributed by atoms with van der Waals surface area (Å²) in [4.78, 5) is 14.4. The first-order valence-corrected chi connectivity index (χ1v) is 8.91. The van der Waals surface area contributed by atoms with E-state index in [2.05, 4.69) is 10.2 Å². The van der Waals surface area contributed by atoms with Crippen LogP contribution in [-0.2, 0) is 6.54 Å². The summed E-state index contributed by atoms with van der Waals surface area (Å²) < 4.78 is 21.6. The predicted molar refractivity (Wildman–Crippen MR) is 106 cm³/mol. The van der Waals surface area contributed by atoms with Gasteiger partial charge in [0.15, 0.2) is 11.5 Å². The first-order valence-electron chi connectivity index (χ1n) is 8.91. The molecule has 29 heavy (non-hydrogen) atoms. The van der Waals surface area contributed by atoms with Crippen LogP contribution >= 0.6 is 0 Å². The molecule has 0 atom stereocenters. The average Bonchev–Trinajstić information content (AvgIpc) is 3.20. The average molecular weight is 397 g/mol. The molecule has 1 aromatic heterocycles. The van der Waals surface area contributed by atoms with E-state index in [1.807, 2.05) is 31.2 Å². The van der Waals surface area contributed by atoms with E-state index in [1.54, 1.807) is 19.2 Å². The van der Waals surface area contributed by atoms with E-state index >= 15 is 0 Å². The normalized spacial score (nSPS) is 10.5. The van der Waals surface area contributed by atoms with Gasteiger partial charge in [-0.2, -0.15) is 0 Å². The van der Waals surface area contributed by atoms with Crippen LogP contribution in [0.15, 0.2) is 40.8 Å². The highest BCUT2D eigenvalue weighted by atomic mass is 16.5. The Balaban J connectivity index is 1.78. The van der Waals surface area contributed by atoms with E-state index in [4.69, 9.17) is 18.6 Å². The third-order valence-corrected chi connectivity index (χ3v) is 4.40. The van der Waals surface area contributed by atoms with Crippen LogP contribution in [0.4, 0.5) is 0 Å². The highest BCUT2D eigenvalue weighted by molar-refractivity contribution is 5.95. The molecular weight excluding hydrogens is 374 g/mol. The number of benzene rings is 2. The summed E-state index contributed by atoms with van der Waals surface area (Å²) >= 11 is 0. The fraction of sp³-hybridized carbons (Fsp3) is 0.286. The number of aromatic nitrogens is 2. The van der Waals surface area contributed by atoms with Crippen LogP contribution in [0.25, 0.3) is 11.5 Å². The first-order chi connectivity index (χ1) is 14.0. The number of hydrogen-bond donors (Lipinski definition) is 0. The van der Waals surface area contributed by atoms with Gasteiger partial charge in [0, 0.05) is 18.2 Å². The SMILES string of the molecule is COc1cc(C(=O)N(C)Cc2nnc(-c3ccc(C)cc3)o2)cc(OC)c1OC. The van der Waals surface area contributed by atoms with Crippen molar-refractivity contribution in [3.63, 3.8) is 0 Å². The van der Waals surface area contributed by atoms with E-state index in [0.717, 1.165) is 11.1 Å². The smallest absolute Gasteiger partial charge is 0.254 e. The number of rotatable bonds is 7. The Kier molecular flexibility index (Phi) is 6.01. The fourth-order valence-electron chi connectivity index (χ4n) is 2.83. The van der Waals surface area contributed by atoms with Crippen LogP contribution in [0.5, 0.6) is 17.2 Å². The van der Waals surface area contributed by atoms with Crippen molar-refractivity contribution in [1.82, 2.24) is 15.1 Å². The van der Waals surface area contributed by atoms with Crippen molar-refractivity contribution in [1.29, 1.82) is 0 Å². The van der Waals surface area contributed by atoms with Gasteiger partial charge in [-0.05, 0) is 31.2 Å². The number of carbonyl (C=O) groups excluding carboxylic acids is 1. The zero-order chi connectivity index (χ0) is 21.0. The molecule has 0 bridgehead atoms. The van der Waals surface area contributed by atoms with Gasteiger partial charge in [0.05, 0.1) is 27.9 Å². The Morgan fingerprint density at radius 3 is 2.17 bits per heavy atom. The van der Waals surface area contributed by atoms with Crippen LogP contribution in [0.2, 0.25) is 0 Å². The molecule has 0 saturated carbocycles. The Bertz CT molecular complexity index is 973. The van der Waals surface area contributed by atoms with Gasteiger partial charge in [0.1, 0.15) is 0 Å². The molecule has 1 amide bonds. The maximum absolute atomic E-state index is 12.9. The number of hydrogen-bond acceptors (Lipinski definition) is 7. The second-order valence-corrected chi connectivity index (χ2v) is 6.44. The molecule has 0 aliphatic heterocycles. The van der Waals surface area contributed by atoms with E-state index in [0.29, 0.717) is 34.6 Å². The van der Waals surface area contributed by atoms with Gasteiger partial charge in [0.2, 0.25) is 17.5 Å². The molecule has 0 aliphatic carbocycles. The van der Waals surface area contributed by atoms with Crippen molar-refractivity contribution < 1.29 is 23.4 Å². The monoisotopic (exact) mass is 397 g/mol. The molecule has 2 aromatic carbocycles. The summed E-state index contributed by atoms with van der Waals surface area (Å²) in [5, 5.41) is 8.11. The fourth-order valence-corrected chi connectivity index (χ4v) is 2.83. The van der Waals surface area contributed by atoms with Crippen LogP contribution in [0, 0.1) is 6.92 Å². The second-order valence-electron chi connectivity index (χ2n) is 6.44. The zero-order valence-corrected chi connectivity index (χ0v) is 17.1. The number of ether oxygens (including phenoxy) is 3. The second kappa shape index (κ2) is 8.64. The summed E-state index contributed by atoms with van der Waals surface area (Å²) in [6.45, 7) is 2.17. The number of amides is 1. The van der Waals surface area contributed by atoms with Gasteiger partial charge in [-0.1, -0.05) is 17.7 Å². The number of nitrogens with zero attached hydrogens (tertiary/aromatic N) is 3. The summed E-state index contributed by atoms with van der Waals surface area (Å²) in [6.07, 6.45) is 0. The van der Waals surface area contributed by atoms with E-state index in [9.17, 15) is 4.79 Å². The summed E-state index contributed by atoms with van der Waals surface area (Å²) in [7, 11) is 6.16. The Morgan fingerprint density at radius 2 is 1.62 bits per heavy atom. The minimum absolute atomic E-state index is 0.161. The van der Waals surface area contributed by atoms with Crippen molar-refractivity contribution in [2.45, 2.75) is 13.5 Å². The highest BCUT2D eigenvalue weighted by Crippen LogP contribution is 2.38. The standard InChI is InChI=1S/C21H23N3O5/c1-13-6-8-14(9-7-13)20-23-22-18(29-20)12-24(2)21(25)15-10-16(26-3)19(28-5)17(11-15)27-4/h6-11H,12H2,1-5H3. The number of carbonyl (C=O) groups is 1. The molecule has 1 heterocycles. The van der Waals surface area contributed by atoms with Crippen molar-refractivity contribution >= 4 is 5.91 Å². The lowest BCUT2D eigenvalue weighted by Crippen LogP contribution is -2.26. The highest BCUT2D eigenvalue weighted by Gasteiger charge is 2.21. The molecule has 8 heteroatoms. The molecule has 0 saturated heterocycles. The van der Waals surface area contributed by atoms with E-state index < -0.39 is 0 Å². The zero-order valence-electron chi connectivity index (χ0n) is 17.1. The molecule has 0 N–H and O–H groups in total. The molecule has 0 unspecified atom stereocenters. The van der Waals surface area contributed by atoms with Crippen molar-refractivity contribution in [2.75, 3.05) is 28.4 Å². The topological polar surface area (TPSA) is 86.9 Å². The molecule has 3 rings (SSSR count). The van der Waals surface area contributed by atoms with Crippen LogP contribution in [-0.4, -0.2) is 49.4 Å². The maximum atomic E-state index is 12.9.